The Kier molecular flexibility index (Phi) is 4.33. The third kappa shape index (κ3) is 3.08. The number of hydrazine groups is 1. The average Bonchev–Trinajstić information content (AvgIpc) is 3.23. The van der Waals surface area contributed by atoms with Crippen LogP contribution in [0.25, 0.3) is 0 Å². The van der Waals surface area contributed by atoms with Gasteiger partial charge in [0.25, 0.3) is 0 Å². The van der Waals surface area contributed by atoms with Crippen LogP contribution in [0.4, 0.5) is 11.8 Å². The standard InChI is InChI=1S/C12H21N5O/c1-9(10-3-4-10)17(7-8-18-2)11-5-6-14-12(15-11)16-13/h5-6,9-10H,3-4,7-8,13H2,1-2H3,(H,14,15,16). The van der Waals surface area contributed by atoms with Gasteiger partial charge in [-0.2, -0.15) is 4.98 Å². The Morgan fingerprint density at radius 2 is 2.39 bits per heavy atom. The molecule has 100 valence electrons. The third-order valence-corrected chi connectivity index (χ3v) is 3.40. The molecule has 1 fully saturated rings. The lowest BCUT2D eigenvalue weighted by Gasteiger charge is -2.30. The Hall–Kier alpha value is -1.40. The molecule has 0 amide bonds. The number of anilines is 2. The smallest absolute Gasteiger partial charge is 0.239 e. The van der Waals surface area contributed by atoms with Crippen molar-refractivity contribution < 1.29 is 4.74 Å². The third-order valence-electron chi connectivity index (χ3n) is 3.40. The number of hydrogen-bond acceptors (Lipinski definition) is 6. The first-order valence-electron chi connectivity index (χ1n) is 6.31. The highest BCUT2D eigenvalue weighted by atomic mass is 16.5. The molecule has 1 saturated carbocycles. The molecule has 6 nitrogen and oxygen atoms in total. The van der Waals surface area contributed by atoms with Crippen LogP contribution in [0.1, 0.15) is 19.8 Å². The zero-order valence-electron chi connectivity index (χ0n) is 11.0. The number of nitrogens with zero attached hydrogens (tertiary/aromatic N) is 3. The molecule has 0 aliphatic heterocycles. The van der Waals surface area contributed by atoms with Crippen molar-refractivity contribution in [2.45, 2.75) is 25.8 Å². The van der Waals surface area contributed by atoms with Crippen LogP contribution in [0.5, 0.6) is 0 Å². The Bertz CT molecular complexity index is 382. The highest BCUT2D eigenvalue weighted by Crippen LogP contribution is 2.36. The number of nitrogen functional groups attached to an aromatic ring is 1. The van der Waals surface area contributed by atoms with Gasteiger partial charge in [-0.3, -0.25) is 5.43 Å². The van der Waals surface area contributed by atoms with E-state index < -0.39 is 0 Å². The number of ether oxygens (including phenoxy) is 1. The number of rotatable bonds is 7. The molecule has 6 heteroatoms. The van der Waals surface area contributed by atoms with E-state index in [9.17, 15) is 0 Å². The summed E-state index contributed by atoms with van der Waals surface area (Å²) in [4.78, 5) is 10.7. The quantitative estimate of drug-likeness (QED) is 0.556. The first-order chi connectivity index (χ1) is 8.76. The lowest BCUT2D eigenvalue weighted by Crippen LogP contribution is -2.38. The van der Waals surface area contributed by atoms with Crippen LogP contribution in [0.2, 0.25) is 0 Å². The average molecular weight is 251 g/mol. The van der Waals surface area contributed by atoms with Gasteiger partial charge in [-0.1, -0.05) is 0 Å². The highest BCUT2D eigenvalue weighted by molar-refractivity contribution is 5.43. The van der Waals surface area contributed by atoms with Gasteiger partial charge in [-0.25, -0.2) is 10.8 Å². The summed E-state index contributed by atoms with van der Waals surface area (Å²) in [6, 6.07) is 2.38. The summed E-state index contributed by atoms with van der Waals surface area (Å²) in [5.74, 6) is 7.46. The minimum absolute atomic E-state index is 0.443. The van der Waals surface area contributed by atoms with E-state index in [1.165, 1.54) is 12.8 Å². The van der Waals surface area contributed by atoms with Crippen molar-refractivity contribution in [1.29, 1.82) is 0 Å². The number of aromatic nitrogens is 2. The zero-order chi connectivity index (χ0) is 13.0. The maximum absolute atomic E-state index is 5.35. The molecule has 3 N–H and O–H groups in total. The largest absolute Gasteiger partial charge is 0.383 e. The minimum Gasteiger partial charge on any atom is -0.383 e. The van der Waals surface area contributed by atoms with Crippen LogP contribution in [0, 0.1) is 5.92 Å². The molecule has 1 aromatic heterocycles. The molecule has 0 spiro atoms. The molecule has 0 aromatic carbocycles. The fraction of sp³-hybridized carbons (Fsp3) is 0.667. The number of nitrogens with two attached hydrogens (primary N) is 1. The van der Waals surface area contributed by atoms with Gasteiger partial charge in [0.1, 0.15) is 5.82 Å². The van der Waals surface area contributed by atoms with Crippen LogP contribution in [-0.4, -0.2) is 36.3 Å². The first kappa shape index (κ1) is 13.0. The molecule has 1 aliphatic rings. The SMILES string of the molecule is COCCN(c1ccnc(NN)n1)C(C)C1CC1. The maximum Gasteiger partial charge on any atom is 0.239 e. The molecule has 0 bridgehead atoms. The van der Waals surface area contributed by atoms with Crippen LogP contribution >= 0.6 is 0 Å². The summed E-state index contributed by atoms with van der Waals surface area (Å²) in [5, 5.41) is 0. The van der Waals surface area contributed by atoms with Gasteiger partial charge in [-0.05, 0) is 31.7 Å². The minimum atomic E-state index is 0.443. The molecule has 1 aromatic rings. The second-order valence-electron chi connectivity index (χ2n) is 4.65. The second kappa shape index (κ2) is 5.97. The van der Waals surface area contributed by atoms with E-state index in [0.717, 1.165) is 18.3 Å². The van der Waals surface area contributed by atoms with Crippen molar-refractivity contribution in [3.8, 4) is 0 Å². The van der Waals surface area contributed by atoms with Gasteiger partial charge >= 0.3 is 0 Å². The molecule has 1 atom stereocenters. The second-order valence-corrected chi connectivity index (χ2v) is 4.65. The van der Waals surface area contributed by atoms with Crippen LogP contribution in [0.3, 0.4) is 0 Å². The monoisotopic (exact) mass is 251 g/mol. The molecule has 1 heterocycles. The molecule has 0 saturated heterocycles. The highest BCUT2D eigenvalue weighted by Gasteiger charge is 2.32. The van der Waals surface area contributed by atoms with Crippen molar-refractivity contribution in [1.82, 2.24) is 9.97 Å². The Morgan fingerprint density at radius 1 is 1.61 bits per heavy atom. The van der Waals surface area contributed by atoms with E-state index in [1.807, 2.05) is 6.07 Å². The summed E-state index contributed by atoms with van der Waals surface area (Å²) in [5.41, 5.74) is 2.48. The molecule has 1 unspecified atom stereocenters. The van der Waals surface area contributed by atoms with E-state index in [2.05, 4.69) is 27.2 Å². The van der Waals surface area contributed by atoms with Crippen molar-refractivity contribution in [3.05, 3.63) is 12.3 Å². The van der Waals surface area contributed by atoms with Gasteiger partial charge < -0.3 is 9.64 Å². The van der Waals surface area contributed by atoms with Crippen LogP contribution in [0.15, 0.2) is 12.3 Å². The lowest BCUT2D eigenvalue weighted by molar-refractivity contribution is 0.202. The van der Waals surface area contributed by atoms with Gasteiger partial charge in [0.05, 0.1) is 6.61 Å². The number of hydrogen-bond donors (Lipinski definition) is 2. The molecule has 0 radical (unpaired) electrons. The van der Waals surface area contributed by atoms with Crippen LogP contribution < -0.4 is 16.2 Å². The van der Waals surface area contributed by atoms with E-state index in [1.54, 1.807) is 13.3 Å². The van der Waals surface area contributed by atoms with Crippen molar-refractivity contribution in [3.63, 3.8) is 0 Å². The fourth-order valence-corrected chi connectivity index (χ4v) is 2.13. The van der Waals surface area contributed by atoms with Crippen LogP contribution in [-0.2, 0) is 4.74 Å². The summed E-state index contributed by atoms with van der Waals surface area (Å²) >= 11 is 0. The topological polar surface area (TPSA) is 76.3 Å². The summed E-state index contributed by atoms with van der Waals surface area (Å²) in [7, 11) is 1.72. The van der Waals surface area contributed by atoms with Gasteiger partial charge in [-0.15, -0.1) is 0 Å². The van der Waals surface area contributed by atoms with Crippen molar-refractivity contribution >= 4 is 11.8 Å². The predicted molar refractivity (Wildman–Crippen MR) is 71.3 cm³/mol. The summed E-state index contributed by atoms with van der Waals surface area (Å²) < 4.78 is 5.18. The van der Waals surface area contributed by atoms with Gasteiger partial charge in [0.15, 0.2) is 0 Å². The summed E-state index contributed by atoms with van der Waals surface area (Å²) in [6.07, 6.45) is 4.33. The molecular weight excluding hydrogens is 230 g/mol. The van der Waals surface area contributed by atoms with E-state index >= 15 is 0 Å². The van der Waals surface area contributed by atoms with E-state index in [0.29, 0.717) is 18.6 Å². The Balaban J connectivity index is 2.14. The normalized spacial score (nSPS) is 16.4. The molecule has 18 heavy (non-hydrogen) atoms. The Morgan fingerprint density at radius 3 is 3.00 bits per heavy atom. The lowest BCUT2D eigenvalue weighted by atomic mass is 10.2. The fourth-order valence-electron chi connectivity index (χ4n) is 2.13. The van der Waals surface area contributed by atoms with Crippen molar-refractivity contribution in [2.24, 2.45) is 11.8 Å². The Labute approximate surface area is 108 Å². The van der Waals surface area contributed by atoms with E-state index in [-0.39, 0.29) is 0 Å². The number of nitrogens with one attached hydrogen (secondary N) is 1. The zero-order valence-corrected chi connectivity index (χ0v) is 11.0. The van der Waals surface area contributed by atoms with Gasteiger partial charge in [0.2, 0.25) is 5.95 Å². The number of methoxy groups -OCH3 is 1. The maximum atomic E-state index is 5.35. The molecule has 1 aliphatic carbocycles. The predicted octanol–water partition coefficient (Wildman–Crippen LogP) is 1.01. The first-order valence-corrected chi connectivity index (χ1v) is 6.31. The van der Waals surface area contributed by atoms with Gasteiger partial charge in [0, 0.05) is 25.9 Å². The molecular formula is C12H21N5O. The van der Waals surface area contributed by atoms with Crippen molar-refractivity contribution in [2.75, 3.05) is 30.6 Å². The van der Waals surface area contributed by atoms with E-state index in [4.69, 9.17) is 10.6 Å². The summed E-state index contributed by atoms with van der Waals surface area (Å²) in [6.45, 7) is 3.76. The molecule has 2 rings (SSSR count).